The first-order valence-electron chi connectivity index (χ1n) is 8.07. The minimum Gasteiger partial charge on any atom is -0.478 e. The van der Waals surface area contributed by atoms with Crippen molar-refractivity contribution < 1.29 is 13.9 Å². The second-order valence-electron chi connectivity index (χ2n) is 6.27. The van der Waals surface area contributed by atoms with Gasteiger partial charge in [-0.15, -0.1) is 11.3 Å². The van der Waals surface area contributed by atoms with Crippen molar-refractivity contribution in [3.8, 4) is 17.2 Å². The number of rotatable bonds is 6. The van der Waals surface area contributed by atoms with Crippen LogP contribution >= 0.6 is 22.9 Å². The van der Waals surface area contributed by atoms with Crippen LogP contribution in [0.25, 0.3) is 11.5 Å². The SMILES string of the molecule is Cc1nc(-c2ccc(CNC(=O)C(C)(C)Oc3ccc(Cl)cc3)o2)cs1. The molecule has 0 fully saturated rings. The molecule has 2 heterocycles. The van der Waals surface area contributed by atoms with E-state index >= 15 is 0 Å². The fourth-order valence-corrected chi connectivity index (χ4v) is 3.04. The van der Waals surface area contributed by atoms with Crippen molar-refractivity contribution in [3.05, 3.63) is 57.6 Å². The molecule has 0 aliphatic carbocycles. The fraction of sp³-hybridized carbons (Fsp3) is 0.263. The highest BCUT2D eigenvalue weighted by molar-refractivity contribution is 7.09. The molecule has 3 aromatic rings. The van der Waals surface area contributed by atoms with Crippen LogP contribution in [0.3, 0.4) is 0 Å². The second kappa shape index (κ2) is 7.51. The van der Waals surface area contributed by atoms with Crippen LogP contribution in [0.15, 0.2) is 46.2 Å². The standard InChI is InChI=1S/C19H19ClN2O3S/c1-12-22-16(11-26-12)17-9-8-15(24-17)10-21-18(23)19(2,3)25-14-6-4-13(20)5-7-14/h4-9,11H,10H2,1-3H3,(H,21,23). The van der Waals surface area contributed by atoms with E-state index in [4.69, 9.17) is 20.8 Å². The summed E-state index contributed by atoms with van der Waals surface area (Å²) in [5, 5.41) is 6.38. The Balaban J connectivity index is 1.59. The summed E-state index contributed by atoms with van der Waals surface area (Å²) in [7, 11) is 0. The van der Waals surface area contributed by atoms with Gasteiger partial charge in [0.15, 0.2) is 11.4 Å². The molecule has 0 bridgehead atoms. The van der Waals surface area contributed by atoms with Gasteiger partial charge < -0.3 is 14.5 Å². The number of thiazole rings is 1. The summed E-state index contributed by atoms with van der Waals surface area (Å²) in [5.41, 5.74) is -0.230. The number of carbonyl (C=O) groups is 1. The maximum Gasteiger partial charge on any atom is 0.263 e. The van der Waals surface area contributed by atoms with Gasteiger partial charge in [-0.3, -0.25) is 4.79 Å². The maximum atomic E-state index is 12.5. The Labute approximate surface area is 161 Å². The second-order valence-corrected chi connectivity index (χ2v) is 7.77. The van der Waals surface area contributed by atoms with E-state index in [1.165, 1.54) is 0 Å². The number of ether oxygens (including phenoxy) is 1. The summed E-state index contributed by atoms with van der Waals surface area (Å²) in [6.45, 7) is 5.64. The van der Waals surface area contributed by atoms with E-state index in [1.54, 1.807) is 49.4 Å². The molecule has 5 nitrogen and oxygen atoms in total. The van der Waals surface area contributed by atoms with E-state index in [0.29, 0.717) is 22.3 Å². The lowest BCUT2D eigenvalue weighted by molar-refractivity contribution is -0.134. The Morgan fingerprint density at radius 1 is 1.27 bits per heavy atom. The number of furan rings is 1. The molecular formula is C19H19ClN2O3S. The zero-order valence-electron chi connectivity index (χ0n) is 14.7. The van der Waals surface area contributed by atoms with Crippen molar-refractivity contribution in [2.45, 2.75) is 32.9 Å². The zero-order valence-corrected chi connectivity index (χ0v) is 16.3. The van der Waals surface area contributed by atoms with Gasteiger partial charge in [0.05, 0.1) is 11.6 Å². The fourth-order valence-electron chi connectivity index (χ4n) is 2.31. The predicted octanol–water partition coefficient (Wildman–Crippen LogP) is 4.84. The van der Waals surface area contributed by atoms with Crippen LogP contribution in [-0.4, -0.2) is 16.5 Å². The molecule has 0 saturated heterocycles. The Kier molecular flexibility index (Phi) is 5.34. The summed E-state index contributed by atoms with van der Waals surface area (Å²) < 4.78 is 11.5. The molecule has 2 aromatic heterocycles. The number of aryl methyl sites for hydroxylation is 1. The highest BCUT2D eigenvalue weighted by atomic mass is 35.5. The minimum absolute atomic E-state index is 0.241. The van der Waals surface area contributed by atoms with E-state index < -0.39 is 5.60 Å². The molecule has 1 amide bonds. The molecule has 0 aliphatic rings. The van der Waals surface area contributed by atoms with Gasteiger partial charge >= 0.3 is 0 Å². The van der Waals surface area contributed by atoms with Gasteiger partial charge in [-0.2, -0.15) is 0 Å². The molecule has 0 aliphatic heterocycles. The summed E-state index contributed by atoms with van der Waals surface area (Å²) >= 11 is 7.43. The van der Waals surface area contributed by atoms with Crippen molar-refractivity contribution in [1.29, 1.82) is 0 Å². The van der Waals surface area contributed by atoms with Crippen LogP contribution in [0, 0.1) is 6.92 Å². The highest BCUT2D eigenvalue weighted by Crippen LogP contribution is 2.24. The Hall–Kier alpha value is -2.31. The van der Waals surface area contributed by atoms with Crippen LogP contribution in [0.1, 0.15) is 24.6 Å². The lowest BCUT2D eigenvalue weighted by atomic mass is 10.1. The van der Waals surface area contributed by atoms with Gasteiger partial charge in [0.1, 0.15) is 17.2 Å². The molecule has 3 rings (SSSR count). The predicted molar refractivity (Wildman–Crippen MR) is 103 cm³/mol. The smallest absolute Gasteiger partial charge is 0.263 e. The summed E-state index contributed by atoms with van der Waals surface area (Å²) in [6.07, 6.45) is 0. The molecule has 0 radical (unpaired) electrons. The molecule has 0 atom stereocenters. The van der Waals surface area contributed by atoms with Gasteiger partial charge in [0.2, 0.25) is 0 Å². The quantitative estimate of drug-likeness (QED) is 0.654. The first kappa shape index (κ1) is 18.5. The van der Waals surface area contributed by atoms with Crippen LogP contribution in [0.2, 0.25) is 5.02 Å². The van der Waals surface area contributed by atoms with Crippen molar-refractivity contribution in [2.24, 2.45) is 0 Å². The van der Waals surface area contributed by atoms with E-state index in [9.17, 15) is 4.79 Å². The van der Waals surface area contributed by atoms with Crippen LogP contribution in [0.5, 0.6) is 5.75 Å². The van der Waals surface area contributed by atoms with Gasteiger partial charge in [0.25, 0.3) is 5.91 Å². The van der Waals surface area contributed by atoms with Crippen molar-refractivity contribution in [1.82, 2.24) is 10.3 Å². The van der Waals surface area contributed by atoms with Crippen molar-refractivity contribution in [3.63, 3.8) is 0 Å². The molecule has 7 heteroatoms. The number of amides is 1. The topological polar surface area (TPSA) is 64.4 Å². The van der Waals surface area contributed by atoms with E-state index in [-0.39, 0.29) is 12.5 Å². The molecular weight excluding hydrogens is 372 g/mol. The Morgan fingerprint density at radius 3 is 2.65 bits per heavy atom. The van der Waals surface area contributed by atoms with E-state index in [1.807, 2.05) is 24.4 Å². The van der Waals surface area contributed by atoms with E-state index in [2.05, 4.69) is 10.3 Å². The van der Waals surface area contributed by atoms with Crippen molar-refractivity contribution in [2.75, 3.05) is 0 Å². The van der Waals surface area contributed by atoms with Gasteiger partial charge in [0, 0.05) is 10.4 Å². The largest absolute Gasteiger partial charge is 0.478 e. The average molecular weight is 391 g/mol. The van der Waals surface area contributed by atoms with Gasteiger partial charge in [-0.25, -0.2) is 4.98 Å². The minimum atomic E-state index is -1.03. The average Bonchev–Trinajstić information content (AvgIpc) is 3.23. The number of hydrogen-bond acceptors (Lipinski definition) is 5. The third-order valence-electron chi connectivity index (χ3n) is 3.69. The third-order valence-corrected chi connectivity index (χ3v) is 4.72. The van der Waals surface area contributed by atoms with Crippen LogP contribution < -0.4 is 10.1 Å². The molecule has 0 unspecified atom stereocenters. The number of carbonyl (C=O) groups excluding carboxylic acids is 1. The third kappa shape index (κ3) is 4.45. The number of halogens is 1. The first-order chi connectivity index (χ1) is 12.3. The Bertz CT molecular complexity index is 900. The molecule has 1 N–H and O–H groups in total. The lowest BCUT2D eigenvalue weighted by Gasteiger charge is -2.25. The molecule has 26 heavy (non-hydrogen) atoms. The van der Waals surface area contributed by atoms with Gasteiger partial charge in [-0.1, -0.05) is 11.6 Å². The normalized spacial score (nSPS) is 11.4. The Morgan fingerprint density at radius 2 is 2.00 bits per heavy atom. The summed E-state index contributed by atoms with van der Waals surface area (Å²) in [5.74, 6) is 1.68. The number of benzene rings is 1. The first-order valence-corrected chi connectivity index (χ1v) is 9.33. The van der Waals surface area contributed by atoms with Gasteiger partial charge in [-0.05, 0) is 57.2 Å². The number of nitrogens with zero attached hydrogens (tertiary/aromatic N) is 1. The molecule has 0 spiro atoms. The molecule has 0 saturated carbocycles. The molecule has 136 valence electrons. The highest BCUT2D eigenvalue weighted by Gasteiger charge is 2.30. The van der Waals surface area contributed by atoms with Crippen LogP contribution in [0.4, 0.5) is 0 Å². The van der Waals surface area contributed by atoms with E-state index in [0.717, 1.165) is 10.7 Å². The molecule has 1 aromatic carbocycles. The monoisotopic (exact) mass is 390 g/mol. The summed E-state index contributed by atoms with van der Waals surface area (Å²) in [6, 6.07) is 10.6. The maximum absolute atomic E-state index is 12.5. The lowest BCUT2D eigenvalue weighted by Crippen LogP contribution is -2.46. The summed E-state index contributed by atoms with van der Waals surface area (Å²) in [4.78, 5) is 16.9. The van der Waals surface area contributed by atoms with Crippen molar-refractivity contribution >= 4 is 28.8 Å². The zero-order chi connectivity index (χ0) is 18.7. The number of aromatic nitrogens is 1. The number of nitrogens with one attached hydrogen (secondary N) is 1. The number of hydrogen-bond donors (Lipinski definition) is 1. The van der Waals surface area contributed by atoms with Crippen LogP contribution in [-0.2, 0) is 11.3 Å².